The van der Waals surface area contributed by atoms with Gasteiger partial charge in [0.2, 0.25) is 0 Å². The number of hydrogen-bond acceptors (Lipinski definition) is 3. The van der Waals surface area contributed by atoms with Crippen LogP contribution in [0.5, 0.6) is 0 Å². The Bertz CT molecular complexity index is 1380. The molecule has 2 heterocycles. The van der Waals surface area contributed by atoms with Crippen LogP contribution in [-0.4, -0.2) is 35.0 Å². The Kier molecular flexibility index (Phi) is 6.30. The van der Waals surface area contributed by atoms with E-state index in [2.05, 4.69) is 10.6 Å². The van der Waals surface area contributed by atoms with Crippen molar-refractivity contribution < 1.29 is 4.79 Å². The minimum atomic E-state index is -0.0407. The summed E-state index contributed by atoms with van der Waals surface area (Å²) in [6.45, 7) is 0.695. The molecule has 0 fully saturated rings. The van der Waals surface area contributed by atoms with Crippen molar-refractivity contribution in [1.82, 2.24) is 9.55 Å². The average molecular weight is 475 g/mol. The van der Waals surface area contributed by atoms with Gasteiger partial charge in [-0.3, -0.25) is 15.2 Å². The van der Waals surface area contributed by atoms with Gasteiger partial charge in [0.05, 0.1) is 11.0 Å². The van der Waals surface area contributed by atoms with Crippen LogP contribution in [-0.2, 0) is 19.9 Å². The number of nitrogen functional groups attached to an aromatic ring is 1. The van der Waals surface area contributed by atoms with Crippen molar-refractivity contribution in [3.63, 3.8) is 0 Å². The van der Waals surface area contributed by atoms with Gasteiger partial charge in [-0.05, 0) is 41.8 Å². The number of fused-ring (bicyclic) bond motifs is 2. The molecule has 4 aromatic rings. The molecular formula is C26H27ClN6O. The largest absolute Gasteiger partial charge is 0.384 e. The number of carbonyl (C=O) groups is 1. The number of halogens is 1. The highest BCUT2D eigenvalue weighted by atomic mass is 35.5. The maximum Gasteiger partial charge on any atom is 0.328 e. The van der Waals surface area contributed by atoms with Crippen molar-refractivity contribution in [2.45, 2.75) is 12.8 Å². The molecule has 1 aliphatic heterocycles. The third kappa shape index (κ3) is 4.10. The molecule has 5 rings (SSSR count). The lowest BCUT2D eigenvalue weighted by atomic mass is 10.1. The maximum atomic E-state index is 13.2. The molecule has 7 nitrogen and oxygen atoms in total. The Hall–Kier alpha value is -3.84. The van der Waals surface area contributed by atoms with E-state index >= 15 is 0 Å². The molecule has 0 radical (unpaired) electrons. The van der Waals surface area contributed by atoms with Gasteiger partial charge in [-0.1, -0.05) is 42.5 Å². The second-order valence-corrected chi connectivity index (χ2v) is 8.42. The van der Waals surface area contributed by atoms with Crippen LogP contribution < -0.4 is 15.5 Å². The summed E-state index contributed by atoms with van der Waals surface area (Å²) in [5.74, 6) is 0.994. The monoisotopic (exact) mass is 474 g/mol. The zero-order chi connectivity index (χ0) is 23.1. The van der Waals surface area contributed by atoms with Crippen LogP contribution in [0.2, 0.25) is 0 Å². The molecule has 174 valence electrons. The van der Waals surface area contributed by atoms with Crippen molar-refractivity contribution in [3.8, 4) is 0 Å². The number of rotatable bonds is 4. The Labute approximate surface area is 204 Å². The molecule has 0 atom stereocenters. The molecule has 1 aliphatic rings. The molecule has 0 unspecified atom stereocenters. The summed E-state index contributed by atoms with van der Waals surface area (Å²) in [6.07, 6.45) is 1.55. The Balaban J connectivity index is 0.00000274. The van der Waals surface area contributed by atoms with Gasteiger partial charge in [0, 0.05) is 44.0 Å². The van der Waals surface area contributed by atoms with Gasteiger partial charge in [-0.2, -0.15) is 0 Å². The van der Waals surface area contributed by atoms with E-state index in [0.717, 1.165) is 40.2 Å². The molecule has 2 amide bonds. The number of para-hydroxylation sites is 1. The molecule has 34 heavy (non-hydrogen) atoms. The minimum absolute atomic E-state index is 0. The smallest absolute Gasteiger partial charge is 0.328 e. The highest BCUT2D eigenvalue weighted by Crippen LogP contribution is 2.30. The lowest BCUT2D eigenvalue weighted by Gasteiger charge is -2.25. The number of aromatic nitrogens is 2. The summed E-state index contributed by atoms with van der Waals surface area (Å²) in [7, 11) is 3.81. The summed E-state index contributed by atoms with van der Waals surface area (Å²) in [5.41, 5.74) is 12.2. The Morgan fingerprint density at radius 3 is 2.59 bits per heavy atom. The van der Waals surface area contributed by atoms with Crippen molar-refractivity contribution in [1.29, 1.82) is 5.41 Å². The summed E-state index contributed by atoms with van der Waals surface area (Å²) >= 11 is 0. The number of benzene rings is 3. The number of nitrogens with zero attached hydrogens (tertiary/aromatic N) is 4. The molecule has 0 saturated carbocycles. The molecule has 8 heteroatoms. The second kappa shape index (κ2) is 9.19. The number of amides is 2. The molecule has 0 aliphatic carbocycles. The Morgan fingerprint density at radius 2 is 1.85 bits per heavy atom. The molecule has 1 aromatic heterocycles. The Morgan fingerprint density at radius 1 is 1.12 bits per heavy atom. The molecule has 3 aromatic carbocycles. The first-order valence-corrected chi connectivity index (χ1v) is 10.9. The van der Waals surface area contributed by atoms with Crippen molar-refractivity contribution >= 4 is 46.7 Å². The van der Waals surface area contributed by atoms with E-state index in [0.29, 0.717) is 18.5 Å². The number of carbonyl (C=O) groups excluding carboxylic acids is 1. The van der Waals surface area contributed by atoms with Crippen LogP contribution >= 0.6 is 12.4 Å². The average Bonchev–Trinajstić information content (AvgIpc) is 3.39. The molecule has 0 spiro atoms. The zero-order valence-corrected chi connectivity index (χ0v) is 20.0. The fourth-order valence-corrected chi connectivity index (χ4v) is 4.42. The quantitative estimate of drug-likeness (QED) is 0.337. The predicted octanol–water partition coefficient (Wildman–Crippen LogP) is 4.49. The summed E-state index contributed by atoms with van der Waals surface area (Å²) in [4.78, 5) is 21.6. The van der Waals surface area contributed by atoms with Gasteiger partial charge in [0.15, 0.2) is 0 Å². The zero-order valence-electron chi connectivity index (χ0n) is 19.2. The first kappa shape index (κ1) is 23.3. The highest BCUT2D eigenvalue weighted by molar-refractivity contribution is 6.05. The molecule has 0 bridgehead atoms. The number of hydrogen-bond donors (Lipinski definition) is 2. The van der Waals surface area contributed by atoms with E-state index in [1.807, 2.05) is 79.7 Å². The summed E-state index contributed by atoms with van der Waals surface area (Å²) in [5, 5.41) is 7.54. The number of urea groups is 1. The van der Waals surface area contributed by atoms with Crippen LogP contribution in [0.3, 0.4) is 0 Å². The van der Waals surface area contributed by atoms with E-state index < -0.39 is 0 Å². The van der Waals surface area contributed by atoms with Gasteiger partial charge in [0.1, 0.15) is 11.7 Å². The van der Waals surface area contributed by atoms with Crippen LogP contribution in [0.25, 0.3) is 11.0 Å². The van der Waals surface area contributed by atoms with Gasteiger partial charge in [-0.25, -0.2) is 9.78 Å². The van der Waals surface area contributed by atoms with Crippen LogP contribution in [0.4, 0.5) is 16.2 Å². The van der Waals surface area contributed by atoms with Crippen LogP contribution in [0.15, 0.2) is 66.7 Å². The maximum absolute atomic E-state index is 13.2. The number of anilines is 2. The molecule has 3 N–H and O–H groups in total. The fraction of sp³-hybridized carbons (Fsp3) is 0.192. The van der Waals surface area contributed by atoms with Crippen molar-refractivity contribution in [2.24, 2.45) is 12.8 Å². The van der Waals surface area contributed by atoms with Gasteiger partial charge >= 0.3 is 6.03 Å². The van der Waals surface area contributed by atoms with E-state index in [1.165, 1.54) is 5.56 Å². The van der Waals surface area contributed by atoms with Gasteiger partial charge in [-0.15, -0.1) is 12.4 Å². The highest BCUT2D eigenvalue weighted by Gasteiger charge is 2.27. The van der Waals surface area contributed by atoms with Gasteiger partial charge < -0.3 is 10.3 Å². The van der Waals surface area contributed by atoms with E-state index in [1.54, 1.807) is 4.90 Å². The lowest BCUT2D eigenvalue weighted by Crippen LogP contribution is -2.40. The summed E-state index contributed by atoms with van der Waals surface area (Å²) in [6, 6.07) is 21.6. The number of nitrogens with one attached hydrogen (secondary N) is 1. The normalized spacial score (nSPS) is 12.4. The molecular weight excluding hydrogens is 448 g/mol. The third-order valence-electron chi connectivity index (χ3n) is 6.38. The molecule has 0 saturated heterocycles. The SMILES string of the molecule is CN(C(=O)N1CCc2ccccc21)c1ccc2c(c1)nc(Cc1ccc(C(=N)N)cc1)n2C.Cl. The minimum Gasteiger partial charge on any atom is -0.384 e. The first-order chi connectivity index (χ1) is 15.9. The predicted molar refractivity (Wildman–Crippen MR) is 140 cm³/mol. The van der Waals surface area contributed by atoms with E-state index in [9.17, 15) is 4.79 Å². The van der Waals surface area contributed by atoms with E-state index in [-0.39, 0.29) is 24.3 Å². The van der Waals surface area contributed by atoms with Gasteiger partial charge in [0.25, 0.3) is 0 Å². The first-order valence-electron chi connectivity index (χ1n) is 10.9. The topological polar surface area (TPSA) is 91.2 Å². The number of amidine groups is 1. The fourth-order valence-electron chi connectivity index (χ4n) is 4.42. The van der Waals surface area contributed by atoms with Crippen LogP contribution in [0, 0.1) is 5.41 Å². The summed E-state index contributed by atoms with van der Waals surface area (Å²) < 4.78 is 2.08. The standard InChI is InChI=1S/C26H26N6O.ClH/c1-30(26(33)32-14-13-18-5-3-4-6-22(18)32)20-11-12-23-21(16-20)29-24(31(23)2)15-17-7-9-19(10-8-17)25(27)28;/h3-12,16H,13-15H2,1-2H3,(H3,27,28);1H. The van der Waals surface area contributed by atoms with Crippen molar-refractivity contribution in [3.05, 3.63) is 89.2 Å². The second-order valence-electron chi connectivity index (χ2n) is 8.42. The number of imidazole rings is 1. The number of aryl methyl sites for hydroxylation is 1. The lowest BCUT2D eigenvalue weighted by molar-refractivity contribution is 0.253. The number of nitrogens with two attached hydrogens (primary N) is 1. The third-order valence-corrected chi connectivity index (χ3v) is 6.38. The van der Waals surface area contributed by atoms with E-state index in [4.69, 9.17) is 16.1 Å². The van der Waals surface area contributed by atoms with Crippen LogP contribution in [0.1, 0.15) is 22.5 Å². The van der Waals surface area contributed by atoms with Crippen molar-refractivity contribution in [2.75, 3.05) is 23.4 Å².